The third kappa shape index (κ3) is 2.36. The van der Waals surface area contributed by atoms with E-state index >= 15 is 0 Å². The van der Waals surface area contributed by atoms with Crippen molar-refractivity contribution in [2.75, 3.05) is 26.8 Å². The van der Waals surface area contributed by atoms with Crippen molar-refractivity contribution >= 4 is 16.0 Å². The summed E-state index contributed by atoms with van der Waals surface area (Å²) in [6.45, 7) is 3.21. The standard InChI is InChI=1S/C16H21NO6S/c1-10(2)24(20,21)17-7-13-12-5-4-11(22-3)6-14(12)23-9-16(13,8-17)15(18)19/h4-6,10,13H,7-9H2,1-3H3,(H,18,19)/t13-,16-/m1/s1. The van der Waals surface area contributed by atoms with Crippen molar-refractivity contribution in [1.82, 2.24) is 4.31 Å². The van der Waals surface area contributed by atoms with Crippen LogP contribution in [0.5, 0.6) is 11.5 Å². The zero-order valence-electron chi connectivity index (χ0n) is 13.9. The summed E-state index contributed by atoms with van der Waals surface area (Å²) in [5.74, 6) is -0.310. The average Bonchev–Trinajstić information content (AvgIpc) is 2.96. The van der Waals surface area contributed by atoms with Gasteiger partial charge in [-0.1, -0.05) is 6.07 Å². The van der Waals surface area contributed by atoms with E-state index in [0.29, 0.717) is 17.1 Å². The summed E-state index contributed by atoms with van der Waals surface area (Å²) in [6, 6.07) is 5.21. The van der Waals surface area contributed by atoms with Crippen molar-refractivity contribution < 1.29 is 27.8 Å². The number of hydrogen-bond acceptors (Lipinski definition) is 5. The molecule has 0 bridgehead atoms. The van der Waals surface area contributed by atoms with E-state index in [-0.39, 0.29) is 19.7 Å². The first kappa shape index (κ1) is 17.0. The maximum Gasteiger partial charge on any atom is 0.315 e. The predicted molar refractivity (Wildman–Crippen MR) is 86.9 cm³/mol. The lowest BCUT2D eigenvalue weighted by molar-refractivity contribution is -0.151. The van der Waals surface area contributed by atoms with Crippen LogP contribution in [0, 0.1) is 5.41 Å². The van der Waals surface area contributed by atoms with Crippen LogP contribution in [0.15, 0.2) is 18.2 Å². The highest BCUT2D eigenvalue weighted by molar-refractivity contribution is 7.89. The smallest absolute Gasteiger partial charge is 0.315 e. The lowest BCUT2D eigenvalue weighted by atomic mass is 9.73. The van der Waals surface area contributed by atoms with Gasteiger partial charge in [0.05, 0.1) is 12.4 Å². The fourth-order valence-electron chi connectivity index (χ4n) is 3.44. The lowest BCUT2D eigenvalue weighted by Crippen LogP contribution is -2.46. The molecule has 1 fully saturated rings. The summed E-state index contributed by atoms with van der Waals surface area (Å²) in [6.07, 6.45) is 0. The molecule has 2 atom stereocenters. The molecule has 1 aromatic carbocycles. The van der Waals surface area contributed by atoms with Crippen LogP contribution in [0.25, 0.3) is 0 Å². The molecule has 0 aromatic heterocycles. The van der Waals surface area contributed by atoms with Gasteiger partial charge in [-0.25, -0.2) is 8.42 Å². The molecule has 8 heteroatoms. The zero-order chi connectivity index (χ0) is 17.7. The first-order valence-corrected chi connectivity index (χ1v) is 9.26. The molecule has 0 amide bonds. The largest absolute Gasteiger partial charge is 0.497 e. The Morgan fingerprint density at radius 3 is 2.75 bits per heavy atom. The molecule has 132 valence electrons. The van der Waals surface area contributed by atoms with Gasteiger partial charge in [0.2, 0.25) is 10.0 Å². The molecule has 3 rings (SSSR count). The van der Waals surface area contributed by atoms with Gasteiger partial charge >= 0.3 is 5.97 Å². The molecule has 2 aliphatic heterocycles. The van der Waals surface area contributed by atoms with Crippen LogP contribution >= 0.6 is 0 Å². The summed E-state index contributed by atoms with van der Waals surface area (Å²) >= 11 is 0. The Morgan fingerprint density at radius 1 is 1.46 bits per heavy atom. The fourth-order valence-corrected chi connectivity index (χ4v) is 4.81. The minimum absolute atomic E-state index is 0.0583. The SMILES string of the molecule is COc1ccc2c(c1)OC[C@]1(C(=O)O)CN(S(=O)(=O)C(C)C)C[C@H]21. The number of fused-ring (bicyclic) bond motifs is 3. The van der Waals surface area contributed by atoms with E-state index < -0.39 is 32.6 Å². The molecule has 0 unspecified atom stereocenters. The normalized spacial score (nSPS) is 26.6. The molecule has 24 heavy (non-hydrogen) atoms. The molecule has 2 heterocycles. The monoisotopic (exact) mass is 355 g/mol. The summed E-state index contributed by atoms with van der Waals surface area (Å²) in [4.78, 5) is 12.0. The van der Waals surface area contributed by atoms with Gasteiger partial charge in [0.15, 0.2) is 0 Å². The highest BCUT2D eigenvalue weighted by Gasteiger charge is 2.59. The van der Waals surface area contributed by atoms with Crippen molar-refractivity contribution in [3.05, 3.63) is 23.8 Å². The molecule has 1 aromatic rings. The number of aliphatic carboxylic acids is 1. The number of rotatable bonds is 4. The Hall–Kier alpha value is -1.80. The second-order valence-electron chi connectivity index (χ2n) is 6.59. The first-order chi connectivity index (χ1) is 11.2. The van der Waals surface area contributed by atoms with Gasteiger partial charge in [0.1, 0.15) is 23.5 Å². The molecule has 0 aliphatic carbocycles. The van der Waals surface area contributed by atoms with E-state index in [1.54, 1.807) is 39.2 Å². The molecule has 0 spiro atoms. The zero-order valence-corrected chi connectivity index (χ0v) is 14.7. The third-order valence-electron chi connectivity index (χ3n) is 4.97. The number of benzene rings is 1. The number of methoxy groups -OCH3 is 1. The summed E-state index contributed by atoms with van der Waals surface area (Å²) in [5, 5.41) is 9.22. The average molecular weight is 355 g/mol. The third-order valence-corrected chi connectivity index (χ3v) is 7.16. The van der Waals surface area contributed by atoms with Crippen LogP contribution in [0.3, 0.4) is 0 Å². The van der Waals surface area contributed by atoms with E-state index in [9.17, 15) is 18.3 Å². The van der Waals surface area contributed by atoms with Crippen molar-refractivity contribution in [3.63, 3.8) is 0 Å². The van der Waals surface area contributed by atoms with E-state index in [1.807, 2.05) is 0 Å². The Morgan fingerprint density at radius 2 is 2.17 bits per heavy atom. The highest BCUT2D eigenvalue weighted by atomic mass is 32.2. The maximum atomic E-state index is 12.5. The Bertz CT molecular complexity index is 775. The summed E-state index contributed by atoms with van der Waals surface area (Å²) < 4.78 is 37.2. The number of carbonyl (C=O) groups is 1. The number of ether oxygens (including phenoxy) is 2. The topological polar surface area (TPSA) is 93.1 Å². The van der Waals surface area contributed by atoms with Gasteiger partial charge < -0.3 is 14.6 Å². The highest BCUT2D eigenvalue weighted by Crippen LogP contribution is 2.51. The Kier molecular flexibility index (Phi) is 4.00. The molecular weight excluding hydrogens is 334 g/mol. The van der Waals surface area contributed by atoms with Gasteiger partial charge in [-0.2, -0.15) is 4.31 Å². The second kappa shape index (κ2) is 5.63. The van der Waals surface area contributed by atoms with Gasteiger partial charge in [-0.3, -0.25) is 4.79 Å². The van der Waals surface area contributed by atoms with Crippen LogP contribution in [-0.2, 0) is 14.8 Å². The van der Waals surface area contributed by atoms with E-state index in [4.69, 9.17) is 9.47 Å². The molecule has 1 N–H and O–H groups in total. The van der Waals surface area contributed by atoms with Crippen LogP contribution in [-0.4, -0.2) is 55.9 Å². The van der Waals surface area contributed by atoms with Crippen molar-refractivity contribution in [2.24, 2.45) is 5.41 Å². The van der Waals surface area contributed by atoms with Crippen LogP contribution < -0.4 is 9.47 Å². The molecule has 0 saturated carbocycles. The van der Waals surface area contributed by atoms with Gasteiger partial charge in [-0.05, 0) is 19.9 Å². The lowest BCUT2D eigenvalue weighted by Gasteiger charge is -2.36. The molecule has 0 radical (unpaired) electrons. The summed E-state index contributed by atoms with van der Waals surface area (Å²) in [5.41, 5.74) is -0.547. The van der Waals surface area contributed by atoms with Crippen LogP contribution in [0.4, 0.5) is 0 Å². The summed E-state index contributed by atoms with van der Waals surface area (Å²) in [7, 11) is -1.99. The van der Waals surface area contributed by atoms with Gasteiger partial charge in [0, 0.05) is 30.6 Å². The van der Waals surface area contributed by atoms with Crippen molar-refractivity contribution in [2.45, 2.75) is 25.0 Å². The molecule has 7 nitrogen and oxygen atoms in total. The van der Waals surface area contributed by atoms with Crippen molar-refractivity contribution in [3.8, 4) is 11.5 Å². The second-order valence-corrected chi connectivity index (χ2v) is 9.08. The quantitative estimate of drug-likeness (QED) is 0.875. The maximum absolute atomic E-state index is 12.5. The van der Waals surface area contributed by atoms with Gasteiger partial charge in [-0.15, -0.1) is 0 Å². The Balaban J connectivity index is 2.06. The molecule has 2 aliphatic rings. The van der Waals surface area contributed by atoms with E-state index in [0.717, 1.165) is 0 Å². The number of carboxylic acids is 1. The first-order valence-electron chi connectivity index (χ1n) is 7.75. The van der Waals surface area contributed by atoms with Crippen molar-refractivity contribution in [1.29, 1.82) is 0 Å². The van der Waals surface area contributed by atoms with E-state index in [1.165, 1.54) is 4.31 Å². The minimum Gasteiger partial charge on any atom is -0.497 e. The predicted octanol–water partition coefficient (Wildman–Crippen LogP) is 1.30. The molecule has 1 saturated heterocycles. The fraction of sp³-hybridized carbons (Fsp3) is 0.562. The molecular formula is C16H21NO6S. The van der Waals surface area contributed by atoms with E-state index in [2.05, 4.69) is 0 Å². The van der Waals surface area contributed by atoms with Crippen LogP contribution in [0.1, 0.15) is 25.3 Å². The number of carboxylic acid groups (broad SMARTS) is 1. The van der Waals surface area contributed by atoms with Gasteiger partial charge in [0.25, 0.3) is 0 Å². The number of hydrogen-bond donors (Lipinski definition) is 1. The van der Waals surface area contributed by atoms with Crippen LogP contribution in [0.2, 0.25) is 0 Å². The number of sulfonamides is 1. The number of nitrogens with zero attached hydrogens (tertiary/aromatic N) is 1. The Labute approximate surface area is 141 Å². The minimum atomic E-state index is -3.53.